The number of hydrogen-bond donors (Lipinski definition) is 1. The molecule has 0 heterocycles. The molecule has 1 atom stereocenters. The summed E-state index contributed by atoms with van der Waals surface area (Å²) >= 11 is 0. The van der Waals surface area contributed by atoms with E-state index >= 15 is 0 Å². The van der Waals surface area contributed by atoms with Gasteiger partial charge >= 0.3 is 5.97 Å². The van der Waals surface area contributed by atoms with Crippen molar-refractivity contribution in [1.82, 2.24) is 0 Å². The second-order valence-corrected chi connectivity index (χ2v) is 6.28. The van der Waals surface area contributed by atoms with Crippen LogP contribution < -0.4 is 4.31 Å². The Balaban J connectivity index is 3.11. The molecule has 1 rings (SSSR count). The lowest BCUT2D eigenvalue weighted by Crippen LogP contribution is -2.36. The number of rotatable bonds is 5. The Hall–Kier alpha value is -1.56. The van der Waals surface area contributed by atoms with Crippen molar-refractivity contribution in [2.45, 2.75) is 13.8 Å². The molecule has 1 aromatic rings. The molecule has 0 radical (unpaired) electrons. The maximum atomic E-state index is 11.7. The largest absolute Gasteiger partial charge is 0.481 e. The number of sulfonamides is 1. The molecule has 0 saturated heterocycles. The normalized spacial score (nSPS) is 13.1. The third kappa shape index (κ3) is 3.73. The zero-order chi connectivity index (χ0) is 13.9. The van der Waals surface area contributed by atoms with E-state index in [1.807, 2.05) is 13.0 Å². The predicted molar refractivity (Wildman–Crippen MR) is 70.2 cm³/mol. The highest BCUT2D eigenvalue weighted by Crippen LogP contribution is 2.20. The molecule has 0 amide bonds. The smallest absolute Gasteiger partial charge is 0.308 e. The van der Waals surface area contributed by atoms with Gasteiger partial charge in [-0.15, -0.1) is 0 Å². The number of aliphatic carboxylic acids is 1. The van der Waals surface area contributed by atoms with E-state index < -0.39 is 21.9 Å². The highest BCUT2D eigenvalue weighted by Gasteiger charge is 2.23. The molecule has 0 spiro atoms. The van der Waals surface area contributed by atoms with Crippen LogP contribution in [0.1, 0.15) is 12.5 Å². The van der Waals surface area contributed by atoms with E-state index in [1.54, 1.807) is 18.2 Å². The minimum Gasteiger partial charge on any atom is -0.481 e. The van der Waals surface area contributed by atoms with Gasteiger partial charge in [0.2, 0.25) is 10.0 Å². The number of hydrogen-bond acceptors (Lipinski definition) is 3. The van der Waals surface area contributed by atoms with Gasteiger partial charge in [-0.1, -0.05) is 19.1 Å². The first-order valence-electron chi connectivity index (χ1n) is 5.49. The molecule has 0 aliphatic heterocycles. The van der Waals surface area contributed by atoms with Crippen LogP contribution in [0.2, 0.25) is 0 Å². The van der Waals surface area contributed by atoms with Gasteiger partial charge in [0.25, 0.3) is 0 Å². The van der Waals surface area contributed by atoms with Gasteiger partial charge in [0, 0.05) is 6.54 Å². The topological polar surface area (TPSA) is 74.7 Å². The van der Waals surface area contributed by atoms with Crippen molar-refractivity contribution in [3.8, 4) is 0 Å². The van der Waals surface area contributed by atoms with Crippen LogP contribution in [-0.4, -0.2) is 32.3 Å². The van der Waals surface area contributed by atoms with Crippen molar-refractivity contribution in [3.63, 3.8) is 0 Å². The average Bonchev–Trinajstić information content (AvgIpc) is 2.23. The molecular weight excluding hydrogens is 254 g/mol. The van der Waals surface area contributed by atoms with E-state index in [0.29, 0.717) is 5.69 Å². The summed E-state index contributed by atoms with van der Waals surface area (Å²) in [6, 6.07) is 6.97. The third-order valence-electron chi connectivity index (χ3n) is 2.55. The van der Waals surface area contributed by atoms with E-state index in [2.05, 4.69) is 0 Å². The van der Waals surface area contributed by atoms with Crippen LogP contribution in [0.5, 0.6) is 0 Å². The van der Waals surface area contributed by atoms with Crippen molar-refractivity contribution in [3.05, 3.63) is 29.8 Å². The standard InChI is InChI=1S/C12H17NO4S/c1-9-5-4-6-11(7-9)13(18(3,16)17)8-10(2)12(14)15/h4-7,10H,8H2,1-3H3,(H,14,15). The fourth-order valence-corrected chi connectivity index (χ4v) is 2.53. The van der Waals surface area contributed by atoms with Crippen LogP contribution in [-0.2, 0) is 14.8 Å². The van der Waals surface area contributed by atoms with Gasteiger partial charge in [-0.3, -0.25) is 9.10 Å². The first-order valence-corrected chi connectivity index (χ1v) is 7.34. The second-order valence-electron chi connectivity index (χ2n) is 4.37. The van der Waals surface area contributed by atoms with E-state index in [-0.39, 0.29) is 6.54 Å². The minimum absolute atomic E-state index is 0.0718. The maximum Gasteiger partial charge on any atom is 0.308 e. The van der Waals surface area contributed by atoms with Crippen LogP contribution in [0.3, 0.4) is 0 Å². The molecule has 1 unspecified atom stereocenters. The SMILES string of the molecule is Cc1cccc(N(CC(C)C(=O)O)S(C)(=O)=O)c1. The fraction of sp³-hybridized carbons (Fsp3) is 0.417. The molecule has 6 heteroatoms. The predicted octanol–water partition coefficient (Wildman–Crippen LogP) is 1.48. The summed E-state index contributed by atoms with van der Waals surface area (Å²) in [5, 5.41) is 8.88. The summed E-state index contributed by atoms with van der Waals surface area (Å²) in [5.74, 6) is -1.78. The van der Waals surface area contributed by atoms with Crippen molar-refractivity contribution in [1.29, 1.82) is 0 Å². The molecule has 0 fully saturated rings. The molecule has 0 aliphatic carbocycles. The molecule has 0 aliphatic rings. The quantitative estimate of drug-likeness (QED) is 0.880. The lowest BCUT2D eigenvalue weighted by Gasteiger charge is -2.24. The van der Waals surface area contributed by atoms with Gasteiger partial charge < -0.3 is 5.11 Å². The van der Waals surface area contributed by atoms with E-state index in [4.69, 9.17) is 5.11 Å². The Bertz CT molecular complexity index is 539. The average molecular weight is 271 g/mol. The molecular formula is C12H17NO4S. The Labute approximate surface area is 107 Å². The number of nitrogens with zero attached hydrogens (tertiary/aromatic N) is 1. The van der Waals surface area contributed by atoms with Gasteiger partial charge in [0.1, 0.15) is 0 Å². The van der Waals surface area contributed by atoms with Crippen LogP contribution in [0.25, 0.3) is 0 Å². The van der Waals surface area contributed by atoms with Crippen LogP contribution in [0.15, 0.2) is 24.3 Å². The van der Waals surface area contributed by atoms with Crippen molar-refractivity contribution in [2.24, 2.45) is 5.92 Å². The number of carbonyl (C=O) groups is 1. The summed E-state index contributed by atoms with van der Waals surface area (Å²) in [6.45, 7) is 3.26. The van der Waals surface area contributed by atoms with Gasteiger partial charge in [0.05, 0.1) is 17.9 Å². The van der Waals surface area contributed by atoms with Crippen LogP contribution in [0, 0.1) is 12.8 Å². The Morgan fingerprint density at radius 3 is 2.50 bits per heavy atom. The van der Waals surface area contributed by atoms with Crippen molar-refractivity contribution in [2.75, 3.05) is 17.1 Å². The Morgan fingerprint density at radius 2 is 2.06 bits per heavy atom. The number of aryl methyl sites for hydroxylation is 1. The third-order valence-corrected chi connectivity index (χ3v) is 3.71. The number of carboxylic acid groups (broad SMARTS) is 1. The first-order chi connectivity index (χ1) is 8.21. The maximum absolute atomic E-state index is 11.7. The fourth-order valence-electron chi connectivity index (χ4n) is 1.54. The monoisotopic (exact) mass is 271 g/mol. The van der Waals surface area contributed by atoms with Gasteiger partial charge in [-0.2, -0.15) is 0 Å². The van der Waals surface area contributed by atoms with E-state index in [9.17, 15) is 13.2 Å². The molecule has 1 N–H and O–H groups in total. The van der Waals surface area contributed by atoms with Crippen molar-refractivity contribution >= 4 is 21.7 Å². The number of benzene rings is 1. The lowest BCUT2D eigenvalue weighted by molar-refractivity contribution is -0.140. The minimum atomic E-state index is -3.49. The number of anilines is 1. The Kier molecular flexibility index (Phi) is 4.34. The highest BCUT2D eigenvalue weighted by atomic mass is 32.2. The van der Waals surface area contributed by atoms with E-state index in [0.717, 1.165) is 16.1 Å². The molecule has 0 saturated carbocycles. The summed E-state index contributed by atoms with van der Waals surface area (Å²) < 4.78 is 24.6. The van der Waals surface area contributed by atoms with E-state index in [1.165, 1.54) is 6.92 Å². The van der Waals surface area contributed by atoms with Crippen LogP contribution >= 0.6 is 0 Å². The summed E-state index contributed by atoms with van der Waals surface area (Å²) in [7, 11) is -3.49. The lowest BCUT2D eigenvalue weighted by atomic mass is 10.1. The first kappa shape index (κ1) is 14.5. The molecule has 100 valence electrons. The molecule has 18 heavy (non-hydrogen) atoms. The van der Waals surface area contributed by atoms with Crippen molar-refractivity contribution < 1.29 is 18.3 Å². The highest BCUT2D eigenvalue weighted by molar-refractivity contribution is 7.92. The Morgan fingerprint density at radius 1 is 1.44 bits per heavy atom. The second kappa shape index (κ2) is 5.39. The zero-order valence-electron chi connectivity index (χ0n) is 10.6. The summed E-state index contributed by atoms with van der Waals surface area (Å²) in [4.78, 5) is 10.8. The molecule has 0 aromatic heterocycles. The van der Waals surface area contributed by atoms with Gasteiger partial charge in [-0.25, -0.2) is 8.42 Å². The van der Waals surface area contributed by atoms with Gasteiger partial charge in [0.15, 0.2) is 0 Å². The zero-order valence-corrected chi connectivity index (χ0v) is 11.4. The summed E-state index contributed by atoms with van der Waals surface area (Å²) in [5.41, 5.74) is 1.41. The molecule has 0 bridgehead atoms. The molecule has 5 nitrogen and oxygen atoms in total. The van der Waals surface area contributed by atoms with Gasteiger partial charge in [-0.05, 0) is 24.6 Å². The molecule has 1 aromatic carbocycles. The summed E-state index contributed by atoms with van der Waals surface area (Å²) in [6.07, 6.45) is 1.07. The van der Waals surface area contributed by atoms with Crippen LogP contribution in [0.4, 0.5) is 5.69 Å². The number of carboxylic acids is 1.